The average molecular weight is 252 g/mol. The Labute approximate surface area is 105 Å². The lowest BCUT2D eigenvalue weighted by molar-refractivity contribution is 0.162. The van der Waals surface area contributed by atoms with E-state index in [1.807, 2.05) is 30.0 Å². The molecule has 4 heteroatoms. The predicted molar refractivity (Wildman–Crippen MR) is 67.9 cm³/mol. The van der Waals surface area contributed by atoms with Crippen LogP contribution in [0.4, 0.5) is 0 Å². The van der Waals surface area contributed by atoms with Crippen LogP contribution in [-0.4, -0.2) is 29.3 Å². The van der Waals surface area contributed by atoms with Gasteiger partial charge in [0.2, 0.25) is 0 Å². The summed E-state index contributed by atoms with van der Waals surface area (Å²) < 4.78 is 11.0. The fraction of sp³-hybridized carbons (Fsp3) is 0.538. The Morgan fingerprint density at radius 3 is 2.82 bits per heavy atom. The topological polar surface area (TPSA) is 38.7 Å². The molecule has 92 valence electrons. The second kappa shape index (κ2) is 4.78. The number of rotatable bonds is 2. The van der Waals surface area contributed by atoms with Crippen molar-refractivity contribution in [2.45, 2.75) is 24.2 Å². The zero-order valence-electron chi connectivity index (χ0n) is 9.59. The molecule has 0 saturated carbocycles. The highest BCUT2D eigenvalue weighted by molar-refractivity contribution is 8.00. The maximum Gasteiger partial charge on any atom is 0.161 e. The van der Waals surface area contributed by atoms with E-state index in [4.69, 9.17) is 9.47 Å². The van der Waals surface area contributed by atoms with Crippen LogP contribution in [0.5, 0.6) is 11.5 Å². The molecule has 2 heterocycles. The molecule has 2 aliphatic rings. The zero-order valence-corrected chi connectivity index (χ0v) is 10.4. The maximum atomic E-state index is 10.3. The first-order valence-electron chi connectivity index (χ1n) is 6.04. The number of ether oxygens (including phenoxy) is 2. The number of hydrogen-bond acceptors (Lipinski definition) is 4. The van der Waals surface area contributed by atoms with Crippen LogP contribution in [0.15, 0.2) is 18.2 Å². The van der Waals surface area contributed by atoms with Gasteiger partial charge in [-0.05, 0) is 36.3 Å². The molecule has 0 bridgehead atoms. The van der Waals surface area contributed by atoms with E-state index in [-0.39, 0.29) is 0 Å². The molecule has 0 spiro atoms. The van der Waals surface area contributed by atoms with Gasteiger partial charge in [-0.2, -0.15) is 11.8 Å². The highest BCUT2D eigenvalue weighted by Crippen LogP contribution is 2.39. The van der Waals surface area contributed by atoms with Crippen LogP contribution in [0.25, 0.3) is 0 Å². The number of hydrogen-bond donors (Lipinski definition) is 1. The lowest BCUT2D eigenvalue weighted by atomic mass is 10.0. The first-order valence-corrected chi connectivity index (χ1v) is 7.09. The smallest absolute Gasteiger partial charge is 0.161 e. The van der Waals surface area contributed by atoms with Gasteiger partial charge in [0.1, 0.15) is 13.2 Å². The van der Waals surface area contributed by atoms with Crippen LogP contribution in [0.3, 0.4) is 0 Å². The van der Waals surface area contributed by atoms with Crippen LogP contribution < -0.4 is 9.47 Å². The van der Waals surface area contributed by atoms with Crippen LogP contribution in [0.2, 0.25) is 0 Å². The van der Waals surface area contributed by atoms with Crippen molar-refractivity contribution >= 4 is 11.8 Å². The highest BCUT2D eigenvalue weighted by atomic mass is 32.2. The number of aliphatic hydroxyl groups is 1. The van der Waals surface area contributed by atoms with Crippen molar-refractivity contribution < 1.29 is 14.6 Å². The molecule has 0 aliphatic carbocycles. The van der Waals surface area contributed by atoms with Crippen LogP contribution in [0.1, 0.15) is 24.5 Å². The summed E-state index contributed by atoms with van der Waals surface area (Å²) in [7, 11) is 0. The van der Waals surface area contributed by atoms with Gasteiger partial charge in [-0.3, -0.25) is 0 Å². The lowest BCUT2D eigenvalue weighted by Crippen LogP contribution is -2.17. The van der Waals surface area contributed by atoms with Crippen LogP contribution in [0, 0.1) is 0 Å². The molecule has 0 amide bonds. The van der Waals surface area contributed by atoms with E-state index in [9.17, 15) is 5.11 Å². The molecule has 2 atom stereocenters. The summed E-state index contributed by atoms with van der Waals surface area (Å²) in [6.45, 7) is 1.19. The summed E-state index contributed by atoms with van der Waals surface area (Å²) in [5.41, 5.74) is 0.939. The van der Waals surface area contributed by atoms with Crippen LogP contribution >= 0.6 is 11.8 Å². The van der Waals surface area contributed by atoms with Gasteiger partial charge in [0.25, 0.3) is 0 Å². The van der Waals surface area contributed by atoms with Gasteiger partial charge in [-0.25, -0.2) is 0 Å². The van der Waals surface area contributed by atoms with Crippen molar-refractivity contribution in [1.29, 1.82) is 0 Å². The molecular weight excluding hydrogens is 236 g/mol. The summed E-state index contributed by atoms with van der Waals surface area (Å²) in [4.78, 5) is 0. The Morgan fingerprint density at radius 2 is 2.06 bits per heavy atom. The van der Waals surface area contributed by atoms with Gasteiger partial charge in [0.05, 0.1) is 6.10 Å². The average Bonchev–Trinajstić information content (AvgIpc) is 2.91. The Balaban J connectivity index is 1.82. The molecule has 1 fully saturated rings. The van der Waals surface area contributed by atoms with E-state index in [0.717, 1.165) is 29.2 Å². The molecule has 3 nitrogen and oxygen atoms in total. The summed E-state index contributed by atoms with van der Waals surface area (Å²) in [6, 6.07) is 5.75. The molecule has 1 aromatic carbocycles. The number of aliphatic hydroxyl groups excluding tert-OH is 1. The summed E-state index contributed by atoms with van der Waals surface area (Å²) in [5, 5.41) is 10.6. The monoisotopic (exact) mass is 252 g/mol. The molecule has 2 unspecified atom stereocenters. The van der Waals surface area contributed by atoms with Crippen molar-refractivity contribution in [1.82, 2.24) is 0 Å². The van der Waals surface area contributed by atoms with Crippen molar-refractivity contribution in [3.05, 3.63) is 23.8 Å². The number of benzene rings is 1. The minimum absolute atomic E-state index is 0.331. The van der Waals surface area contributed by atoms with E-state index in [2.05, 4.69) is 0 Å². The number of thioether (sulfide) groups is 1. The summed E-state index contributed by atoms with van der Waals surface area (Å²) >= 11 is 1.86. The van der Waals surface area contributed by atoms with Crippen molar-refractivity contribution in [2.24, 2.45) is 0 Å². The zero-order chi connectivity index (χ0) is 11.7. The first-order chi connectivity index (χ1) is 8.34. The molecule has 17 heavy (non-hydrogen) atoms. The Morgan fingerprint density at radius 1 is 1.24 bits per heavy atom. The van der Waals surface area contributed by atoms with Gasteiger partial charge >= 0.3 is 0 Å². The Kier molecular flexibility index (Phi) is 3.16. The van der Waals surface area contributed by atoms with Crippen molar-refractivity contribution in [2.75, 3.05) is 19.0 Å². The molecule has 1 N–H and O–H groups in total. The third kappa shape index (κ3) is 2.24. The van der Waals surface area contributed by atoms with Crippen molar-refractivity contribution in [3.8, 4) is 11.5 Å². The Hall–Kier alpha value is -0.870. The summed E-state index contributed by atoms with van der Waals surface area (Å²) in [5.74, 6) is 2.70. The van der Waals surface area contributed by atoms with Crippen LogP contribution in [-0.2, 0) is 0 Å². The standard InChI is InChI=1S/C13H16O3S/c14-13(12-2-1-7-17-12)9-3-4-10-11(8-9)16-6-5-15-10/h3-4,8,12-14H,1-2,5-7H2. The van der Waals surface area contributed by atoms with Gasteiger partial charge in [-0.15, -0.1) is 0 Å². The van der Waals surface area contributed by atoms with E-state index >= 15 is 0 Å². The molecule has 0 radical (unpaired) electrons. The minimum Gasteiger partial charge on any atom is -0.486 e. The quantitative estimate of drug-likeness (QED) is 0.877. The number of fused-ring (bicyclic) bond motifs is 1. The first kappa shape index (κ1) is 11.2. The SMILES string of the molecule is OC(c1ccc2c(c1)OCCO2)C1CCCS1. The molecule has 0 aromatic heterocycles. The second-order valence-electron chi connectivity index (χ2n) is 4.40. The third-order valence-corrected chi connectivity index (χ3v) is 4.67. The molecule has 1 saturated heterocycles. The molecule has 1 aromatic rings. The van der Waals surface area contributed by atoms with E-state index in [1.54, 1.807) is 0 Å². The fourth-order valence-electron chi connectivity index (χ4n) is 2.31. The maximum absolute atomic E-state index is 10.3. The Bertz CT molecular complexity index is 402. The molecule has 2 aliphatic heterocycles. The normalized spacial score (nSPS) is 24.6. The largest absolute Gasteiger partial charge is 0.486 e. The predicted octanol–water partition coefficient (Wildman–Crippen LogP) is 2.39. The van der Waals surface area contributed by atoms with Gasteiger partial charge < -0.3 is 14.6 Å². The van der Waals surface area contributed by atoms with Crippen molar-refractivity contribution in [3.63, 3.8) is 0 Å². The van der Waals surface area contributed by atoms with Gasteiger partial charge in [-0.1, -0.05) is 6.07 Å². The third-order valence-electron chi connectivity index (χ3n) is 3.22. The van der Waals surface area contributed by atoms with Gasteiger partial charge in [0.15, 0.2) is 11.5 Å². The lowest BCUT2D eigenvalue weighted by Gasteiger charge is -2.22. The fourth-order valence-corrected chi connectivity index (χ4v) is 3.62. The molecular formula is C13H16O3S. The highest BCUT2D eigenvalue weighted by Gasteiger charge is 2.26. The second-order valence-corrected chi connectivity index (χ2v) is 5.75. The minimum atomic E-state index is -0.390. The molecule has 3 rings (SSSR count). The van der Waals surface area contributed by atoms with Gasteiger partial charge in [0, 0.05) is 5.25 Å². The van der Waals surface area contributed by atoms with E-state index < -0.39 is 6.10 Å². The van der Waals surface area contributed by atoms with E-state index in [0.29, 0.717) is 18.5 Å². The summed E-state index contributed by atoms with van der Waals surface area (Å²) in [6.07, 6.45) is 1.91. The van der Waals surface area contributed by atoms with E-state index in [1.165, 1.54) is 6.42 Å².